The van der Waals surface area contributed by atoms with Crippen molar-refractivity contribution in [1.82, 2.24) is 9.97 Å². The number of halogens is 1. The van der Waals surface area contributed by atoms with Gasteiger partial charge in [-0.25, -0.2) is 9.97 Å². The molecule has 28 heavy (non-hydrogen) atoms. The summed E-state index contributed by atoms with van der Waals surface area (Å²) in [4.78, 5) is 22.1. The lowest BCUT2D eigenvalue weighted by molar-refractivity contribution is 0.0174. The Bertz CT molecular complexity index is 900. The fourth-order valence-corrected chi connectivity index (χ4v) is 3.90. The molecule has 0 bridgehead atoms. The van der Waals surface area contributed by atoms with Crippen LogP contribution in [0.2, 0.25) is 0 Å². The third-order valence-corrected chi connectivity index (χ3v) is 5.67. The quantitative estimate of drug-likeness (QED) is 0.657. The molecule has 0 aromatic carbocycles. The molecule has 0 spiro atoms. The normalized spacial score (nSPS) is 21.6. The molecule has 0 atom stereocenters. The van der Waals surface area contributed by atoms with Crippen molar-refractivity contribution in [2.75, 3.05) is 17.3 Å². The Balaban J connectivity index is 1.87. The molecule has 0 amide bonds. The van der Waals surface area contributed by atoms with Crippen LogP contribution in [0.5, 0.6) is 0 Å². The van der Waals surface area contributed by atoms with E-state index in [4.69, 9.17) is 5.26 Å². The smallest absolute Gasteiger partial charge is 0.163 e. The van der Waals surface area contributed by atoms with Crippen molar-refractivity contribution < 1.29 is 5.11 Å². The Morgan fingerprint density at radius 3 is 2.71 bits per heavy atom. The molecule has 8 nitrogen and oxygen atoms in total. The second kappa shape index (κ2) is 8.20. The maximum Gasteiger partial charge on any atom is 0.163 e. The molecule has 1 fully saturated rings. The lowest BCUT2D eigenvalue weighted by atomic mass is 9.83. The number of nitrogens with one attached hydrogen (secondary N) is 1. The van der Waals surface area contributed by atoms with Crippen molar-refractivity contribution in [2.45, 2.75) is 44.2 Å². The fourth-order valence-electron chi connectivity index (χ4n) is 3.32. The summed E-state index contributed by atoms with van der Waals surface area (Å²) in [7, 11) is 1.95. The van der Waals surface area contributed by atoms with Crippen molar-refractivity contribution in [3.8, 4) is 6.07 Å². The minimum Gasteiger partial charge on any atom is -0.390 e. The number of aliphatic hydroxyl groups is 1. The van der Waals surface area contributed by atoms with E-state index in [9.17, 15) is 10.0 Å². The summed E-state index contributed by atoms with van der Waals surface area (Å²) in [5, 5.41) is 25.1. The van der Waals surface area contributed by atoms with Crippen LogP contribution in [-0.4, -0.2) is 33.8 Å². The summed E-state index contributed by atoms with van der Waals surface area (Å²) in [6.45, 7) is 1.87. The molecule has 2 heterocycles. The largest absolute Gasteiger partial charge is 0.390 e. The van der Waals surface area contributed by atoms with Crippen LogP contribution >= 0.6 is 15.9 Å². The van der Waals surface area contributed by atoms with Gasteiger partial charge in [0, 0.05) is 19.3 Å². The highest BCUT2D eigenvalue weighted by molar-refractivity contribution is 9.10. The third-order valence-electron chi connectivity index (χ3n) is 5.09. The van der Waals surface area contributed by atoms with E-state index in [1.807, 2.05) is 20.0 Å². The van der Waals surface area contributed by atoms with Crippen LogP contribution in [-0.2, 0) is 0 Å². The zero-order valence-corrected chi connectivity index (χ0v) is 17.3. The summed E-state index contributed by atoms with van der Waals surface area (Å²) in [6.07, 6.45) is 4.61. The average molecular weight is 445 g/mol. The summed E-state index contributed by atoms with van der Waals surface area (Å²) in [6, 6.07) is 7.14. The lowest BCUT2D eigenvalue weighted by Crippen LogP contribution is -2.41. The molecule has 1 saturated carbocycles. The average Bonchev–Trinajstić information content (AvgIpc) is 2.69. The van der Waals surface area contributed by atoms with Crippen molar-refractivity contribution in [3.63, 3.8) is 0 Å². The van der Waals surface area contributed by atoms with E-state index in [1.165, 1.54) is 6.20 Å². The number of aromatic nitrogens is 2. The highest BCUT2D eigenvalue weighted by atomic mass is 79.9. The first-order valence-electron chi connectivity index (χ1n) is 8.95. The molecule has 146 valence electrons. The maximum atomic E-state index is 11.3. The van der Waals surface area contributed by atoms with Gasteiger partial charge in [0.2, 0.25) is 0 Å². The first-order chi connectivity index (χ1) is 13.3. The van der Waals surface area contributed by atoms with Gasteiger partial charge in [0.25, 0.3) is 0 Å². The van der Waals surface area contributed by atoms with Gasteiger partial charge in [0.15, 0.2) is 11.5 Å². The molecular formula is C19H21BrN6O2. The number of pyridine rings is 2. The number of hydrogen-bond donors (Lipinski definition) is 2. The van der Waals surface area contributed by atoms with Crippen molar-refractivity contribution in [1.29, 1.82) is 5.26 Å². The minimum atomic E-state index is -0.610. The number of rotatable bonds is 5. The second-order valence-corrected chi connectivity index (χ2v) is 8.12. The highest BCUT2D eigenvalue weighted by Crippen LogP contribution is 2.38. The molecule has 0 saturated heterocycles. The van der Waals surface area contributed by atoms with Crippen molar-refractivity contribution >= 4 is 39.1 Å². The van der Waals surface area contributed by atoms with Gasteiger partial charge < -0.3 is 15.3 Å². The monoisotopic (exact) mass is 444 g/mol. The summed E-state index contributed by atoms with van der Waals surface area (Å²) < 4.78 is 0.667. The van der Waals surface area contributed by atoms with Crippen molar-refractivity contribution in [3.05, 3.63) is 39.3 Å². The summed E-state index contributed by atoms with van der Waals surface area (Å²) in [5.41, 5.74) is -0.0141. The van der Waals surface area contributed by atoms with Crippen molar-refractivity contribution in [2.24, 2.45) is 5.18 Å². The van der Waals surface area contributed by atoms with E-state index in [1.54, 1.807) is 18.2 Å². The molecular weight excluding hydrogens is 424 g/mol. The van der Waals surface area contributed by atoms with Gasteiger partial charge in [-0.3, -0.25) is 0 Å². The van der Waals surface area contributed by atoms with Crippen LogP contribution in [0.1, 0.15) is 38.2 Å². The lowest BCUT2D eigenvalue weighted by Gasteiger charge is -2.38. The van der Waals surface area contributed by atoms with Crippen LogP contribution in [0, 0.1) is 16.2 Å². The second-order valence-electron chi connectivity index (χ2n) is 7.26. The van der Waals surface area contributed by atoms with Crippen LogP contribution in [0.25, 0.3) is 0 Å². The summed E-state index contributed by atoms with van der Waals surface area (Å²) in [5.74, 6) is 1.43. The Kier molecular flexibility index (Phi) is 5.91. The van der Waals surface area contributed by atoms with E-state index in [0.717, 1.165) is 25.7 Å². The highest BCUT2D eigenvalue weighted by Gasteiger charge is 2.31. The van der Waals surface area contributed by atoms with Gasteiger partial charge in [-0.05, 0) is 71.9 Å². The number of hydrogen-bond acceptors (Lipinski definition) is 8. The van der Waals surface area contributed by atoms with E-state index in [0.29, 0.717) is 27.5 Å². The number of anilines is 3. The zero-order valence-electron chi connectivity index (χ0n) is 15.7. The minimum absolute atomic E-state index is 0.154. The van der Waals surface area contributed by atoms with Crippen LogP contribution < -0.4 is 10.2 Å². The third kappa shape index (κ3) is 4.46. The molecule has 0 unspecified atom stereocenters. The van der Waals surface area contributed by atoms with Gasteiger partial charge in [0.1, 0.15) is 17.7 Å². The molecule has 1 aliphatic rings. The van der Waals surface area contributed by atoms with Gasteiger partial charge in [-0.1, -0.05) is 0 Å². The number of nitroso groups, excluding NO2 is 1. The molecule has 9 heteroatoms. The Morgan fingerprint density at radius 2 is 2.14 bits per heavy atom. The fraction of sp³-hybridized carbons (Fsp3) is 0.421. The van der Waals surface area contributed by atoms with Gasteiger partial charge in [0.05, 0.1) is 15.6 Å². The Labute approximate surface area is 171 Å². The van der Waals surface area contributed by atoms with E-state index in [-0.39, 0.29) is 11.7 Å². The maximum absolute atomic E-state index is 11.3. The standard InChI is InChI=1S/C19H21BrN6O2/c1-19(27)7-5-13(6-8-19)26(2)18-14(20)9-15(25-28)17(24-18)23-16-4-3-12(10-21)11-22-16/h3-4,9,11,13,27H,5-8H2,1-2H3,(H,22,23,24). The molecule has 0 aliphatic heterocycles. The van der Waals surface area contributed by atoms with Gasteiger partial charge in [-0.15, -0.1) is 4.91 Å². The van der Waals surface area contributed by atoms with Gasteiger partial charge in [-0.2, -0.15) is 5.26 Å². The first-order valence-corrected chi connectivity index (χ1v) is 9.74. The number of nitriles is 1. The van der Waals surface area contributed by atoms with Crippen LogP contribution in [0.3, 0.4) is 0 Å². The van der Waals surface area contributed by atoms with Gasteiger partial charge >= 0.3 is 0 Å². The molecule has 2 aromatic heterocycles. The number of nitrogens with zero attached hydrogens (tertiary/aromatic N) is 5. The predicted molar refractivity (Wildman–Crippen MR) is 111 cm³/mol. The molecule has 2 N–H and O–H groups in total. The van der Waals surface area contributed by atoms with Crippen LogP contribution in [0.15, 0.2) is 34.0 Å². The molecule has 2 aromatic rings. The van der Waals surface area contributed by atoms with E-state index < -0.39 is 5.60 Å². The van der Waals surface area contributed by atoms with E-state index >= 15 is 0 Å². The Hall–Kier alpha value is -2.57. The predicted octanol–water partition coefficient (Wildman–Crippen LogP) is 4.38. The molecule has 1 aliphatic carbocycles. The van der Waals surface area contributed by atoms with E-state index in [2.05, 4.69) is 41.3 Å². The molecule has 3 rings (SSSR count). The SMILES string of the molecule is CN(c1nc(Nc2ccc(C#N)cn2)c(N=O)cc1Br)C1CCC(C)(O)CC1. The summed E-state index contributed by atoms with van der Waals surface area (Å²) >= 11 is 3.48. The Morgan fingerprint density at radius 1 is 1.43 bits per heavy atom. The van der Waals surface area contributed by atoms with Crippen LogP contribution in [0.4, 0.5) is 23.1 Å². The topological polar surface area (TPSA) is 115 Å². The zero-order chi connectivity index (χ0) is 20.3. The molecule has 0 radical (unpaired) electrons. The first kappa shape index (κ1) is 20.2.